The van der Waals surface area contributed by atoms with E-state index in [0.29, 0.717) is 0 Å². The summed E-state index contributed by atoms with van der Waals surface area (Å²) in [4.78, 5) is 0. The van der Waals surface area contributed by atoms with Crippen LogP contribution in [0, 0.1) is 12.3 Å². The highest BCUT2D eigenvalue weighted by molar-refractivity contribution is 5.50. The van der Waals surface area contributed by atoms with Gasteiger partial charge in [-0.2, -0.15) is 0 Å². The Morgan fingerprint density at radius 2 is 2.07 bits per heavy atom. The van der Waals surface area contributed by atoms with E-state index in [1.165, 1.54) is 11.1 Å². The molecule has 0 aliphatic carbocycles. The smallest absolute Gasteiger partial charge is 0.0547 e. The first-order valence-electron chi connectivity index (χ1n) is 5.28. The van der Waals surface area contributed by atoms with Gasteiger partial charge in [-0.25, -0.2) is 0 Å². The molecule has 0 heterocycles. The second-order valence-electron chi connectivity index (χ2n) is 4.67. The molecule has 0 aromatic heterocycles. The van der Waals surface area contributed by atoms with Gasteiger partial charge in [0.1, 0.15) is 0 Å². The van der Waals surface area contributed by atoms with E-state index in [0.717, 1.165) is 6.61 Å². The van der Waals surface area contributed by atoms with Crippen molar-refractivity contribution in [2.24, 2.45) is 5.41 Å². The van der Waals surface area contributed by atoms with Crippen LogP contribution in [0.2, 0.25) is 0 Å². The molecule has 0 unspecified atom stereocenters. The minimum Gasteiger partial charge on any atom is -0.384 e. The Hall–Kier alpha value is -1.08. The molecule has 1 rings (SSSR count). The van der Waals surface area contributed by atoms with E-state index >= 15 is 0 Å². The van der Waals surface area contributed by atoms with Crippen LogP contribution < -0.4 is 0 Å². The topological polar surface area (TPSA) is 9.23 Å². The van der Waals surface area contributed by atoms with Crippen LogP contribution in [0.15, 0.2) is 30.3 Å². The molecule has 0 aliphatic rings. The molecule has 0 saturated heterocycles. The van der Waals surface area contributed by atoms with Crippen LogP contribution in [0.1, 0.15) is 25.0 Å². The number of hydrogen-bond donors (Lipinski definition) is 0. The van der Waals surface area contributed by atoms with E-state index in [1.54, 1.807) is 7.11 Å². The van der Waals surface area contributed by atoms with Crippen molar-refractivity contribution in [3.05, 3.63) is 41.5 Å². The molecule has 1 aromatic carbocycles. The van der Waals surface area contributed by atoms with Crippen molar-refractivity contribution in [2.45, 2.75) is 20.8 Å². The molecule has 0 aliphatic heterocycles. The molecular weight excluding hydrogens is 184 g/mol. The van der Waals surface area contributed by atoms with Crippen LogP contribution in [0.3, 0.4) is 0 Å². The fourth-order valence-electron chi connectivity index (χ4n) is 1.52. The summed E-state index contributed by atoms with van der Waals surface area (Å²) in [5.74, 6) is 0. The summed E-state index contributed by atoms with van der Waals surface area (Å²) in [5.41, 5.74) is 2.64. The Labute approximate surface area is 92.8 Å². The van der Waals surface area contributed by atoms with Gasteiger partial charge in [-0.15, -0.1) is 0 Å². The predicted molar refractivity (Wildman–Crippen MR) is 65.9 cm³/mol. The summed E-state index contributed by atoms with van der Waals surface area (Å²) < 4.78 is 5.17. The van der Waals surface area contributed by atoms with Crippen molar-refractivity contribution in [1.82, 2.24) is 0 Å². The molecule has 1 aromatic rings. The minimum absolute atomic E-state index is 0.0957. The second-order valence-corrected chi connectivity index (χ2v) is 4.67. The highest BCUT2D eigenvalue weighted by Gasteiger charge is 2.12. The second kappa shape index (κ2) is 5.13. The molecule has 0 spiro atoms. The third-order valence-electron chi connectivity index (χ3n) is 2.29. The van der Waals surface area contributed by atoms with E-state index in [9.17, 15) is 0 Å². The van der Waals surface area contributed by atoms with Crippen LogP contribution in [0.25, 0.3) is 6.08 Å². The minimum atomic E-state index is 0.0957. The van der Waals surface area contributed by atoms with Crippen molar-refractivity contribution < 1.29 is 4.74 Å². The largest absolute Gasteiger partial charge is 0.384 e. The molecule has 82 valence electrons. The van der Waals surface area contributed by atoms with E-state index in [2.05, 4.69) is 57.2 Å². The third kappa shape index (κ3) is 4.30. The molecule has 0 atom stereocenters. The number of ether oxygens (including phenoxy) is 1. The monoisotopic (exact) mass is 204 g/mol. The highest BCUT2D eigenvalue weighted by atomic mass is 16.5. The zero-order chi connectivity index (χ0) is 11.3. The van der Waals surface area contributed by atoms with Crippen molar-refractivity contribution >= 4 is 6.08 Å². The van der Waals surface area contributed by atoms with Crippen molar-refractivity contribution in [1.29, 1.82) is 0 Å². The van der Waals surface area contributed by atoms with Gasteiger partial charge in [-0.1, -0.05) is 55.8 Å². The highest BCUT2D eigenvalue weighted by Crippen LogP contribution is 2.19. The predicted octanol–water partition coefficient (Wildman–Crippen LogP) is 3.68. The Morgan fingerprint density at radius 1 is 1.33 bits per heavy atom. The maximum atomic E-state index is 5.17. The van der Waals surface area contributed by atoms with Gasteiger partial charge in [0.05, 0.1) is 6.61 Å². The number of hydrogen-bond acceptors (Lipinski definition) is 1. The average molecular weight is 204 g/mol. The quantitative estimate of drug-likeness (QED) is 0.727. The molecule has 1 nitrogen and oxygen atoms in total. The maximum absolute atomic E-state index is 5.17. The van der Waals surface area contributed by atoms with Gasteiger partial charge >= 0.3 is 0 Å². The number of aryl methyl sites for hydroxylation is 1. The first kappa shape index (κ1) is 12.0. The van der Waals surface area contributed by atoms with Gasteiger partial charge in [0.2, 0.25) is 0 Å². The Kier molecular flexibility index (Phi) is 4.10. The van der Waals surface area contributed by atoms with Gasteiger partial charge in [-0.05, 0) is 12.5 Å². The lowest BCUT2D eigenvalue weighted by atomic mass is 9.93. The zero-order valence-electron chi connectivity index (χ0n) is 10.1. The van der Waals surface area contributed by atoms with Crippen LogP contribution in [0.5, 0.6) is 0 Å². The summed E-state index contributed by atoms with van der Waals surface area (Å²) >= 11 is 0. The van der Waals surface area contributed by atoms with Gasteiger partial charge in [0.15, 0.2) is 0 Å². The number of methoxy groups -OCH3 is 1. The van der Waals surface area contributed by atoms with Crippen LogP contribution in [-0.2, 0) is 4.74 Å². The normalized spacial score (nSPS) is 12.3. The first-order valence-corrected chi connectivity index (χ1v) is 5.28. The molecule has 0 amide bonds. The fourth-order valence-corrected chi connectivity index (χ4v) is 1.52. The Balaban J connectivity index is 2.72. The zero-order valence-corrected chi connectivity index (χ0v) is 10.1. The molecular formula is C14H20O. The Morgan fingerprint density at radius 3 is 2.67 bits per heavy atom. The van der Waals surface area contributed by atoms with E-state index in [1.807, 2.05) is 0 Å². The van der Waals surface area contributed by atoms with E-state index in [4.69, 9.17) is 4.74 Å². The lowest BCUT2D eigenvalue weighted by Crippen LogP contribution is -2.14. The first-order chi connectivity index (χ1) is 7.03. The van der Waals surface area contributed by atoms with Gasteiger partial charge < -0.3 is 4.74 Å². The summed E-state index contributed by atoms with van der Waals surface area (Å²) in [6, 6.07) is 8.49. The van der Waals surface area contributed by atoms with Crippen LogP contribution in [0.4, 0.5) is 0 Å². The lowest BCUT2D eigenvalue weighted by Gasteiger charge is -2.18. The lowest BCUT2D eigenvalue weighted by molar-refractivity contribution is 0.133. The standard InChI is InChI=1S/C14H20O/c1-12-6-5-7-13(10-12)8-9-14(2,3)11-15-4/h5-10H,11H2,1-4H3/b9-8+. The van der Waals surface area contributed by atoms with Crippen LogP contribution in [-0.4, -0.2) is 13.7 Å². The van der Waals surface area contributed by atoms with Crippen molar-refractivity contribution in [2.75, 3.05) is 13.7 Å². The average Bonchev–Trinajstić information content (AvgIpc) is 2.15. The van der Waals surface area contributed by atoms with Crippen molar-refractivity contribution in [3.63, 3.8) is 0 Å². The summed E-state index contributed by atoms with van der Waals surface area (Å²) in [6.07, 6.45) is 4.36. The molecule has 15 heavy (non-hydrogen) atoms. The van der Waals surface area contributed by atoms with Crippen LogP contribution >= 0.6 is 0 Å². The third-order valence-corrected chi connectivity index (χ3v) is 2.29. The molecule has 0 fully saturated rings. The SMILES string of the molecule is COCC(C)(C)/C=C/c1cccc(C)c1. The maximum Gasteiger partial charge on any atom is 0.0547 e. The van der Waals surface area contributed by atoms with E-state index < -0.39 is 0 Å². The van der Waals surface area contributed by atoms with Gasteiger partial charge in [-0.3, -0.25) is 0 Å². The molecule has 0 N–H and O–H groups in total. The summed E-state index contributed by atoms with van der Waals surface area (Å²) in [7, 11) is 1.74. The summed E-state index contributed by atoms with van der Waals surface area (Å²) in [6.45, 7) is 7.19. The molecule has 0 radical (unpaired) electrons. The molecule has 1 heteroatoms. The van der Waals surface area contributed by atoms with Gasteiger partial charge in [0, 0.05) is 12.5 Å². The number of benzene rings is 1. The number of rotatable bonds is 4. The van der Waals surface area contributed by atoms with Crippen molar-refractivity contribution in [3.8, 4) is 0 Å². The molecule has 0 saturated carbocycles. The fraction of sp³-hybridized carbons (Fsp3) is 0.429. The van der Waals surface area contributed by atoms with Gasteiger partial charge in [0.25, 0.3) is 0 Å². The van der Waals surface area contributed by atoms with E-state index in [-0.39, 0.29) is 5.41 Å². The summed E-state index contributed by atoms with van der Waals surface area (Å²) in [5, 5.41) is 0. The Bertz CT molecular complexity index is 337. The molecule has 0 bridgehead atoms.